The first-order valence-electron chi connectivity index (χ1n) is 3.67. The van der Waals surface area contributed by atoms with Crippen LogP contribution in [0.5, 0.6) is 0 Å². The Bertz CT molecular complexity index is 167. The van der Waals surface area contributed by atoms with Crippen molar-refractivity contribution in [2.45, 2.75) is 25.7 Å². The van der Waals surface area contributed by atoms with Crippen LogP contribution < -0.4 is 0 Å². The van der Waals surface area contributed by atoms with Crippen LogP contribution in [0, 0.1) is 11.8 Å². The summed E-state index contributed by atoms with van der Waals surface area (Å²) < 4.78 is 0.464. The molecule has 0 heterocycles. The second-order valence-corrected chi connectivity index (χ2v) is 11.3. The molecule has 0 aromatic rings. The van der Waals surface area contributed by atoms with Gasteiger partial charge in [-0.25, -0.2) is 0 Å². The van der Waals surface area contributed by atoms with E-state index in [4.69, 9.17) is 0 Å². The first kappa shape index (κ1) is 9.47. The molecule has 0 aromatic carbocycles. The molecule has 0 aromatic heterocycles. The molecule has 0 aliphatic heterocycles. The quantitative estimate of drug-likeness (QED) is 0.519. The second kappa shape index (κ2) is 2.71. The molecular weight excluding hydrogens is 404 g/mol. The molecule has 0 unspecified atom stereocenters. The smallest absolute Gasteiger partial charge is 0.0724 e. The molecule has 11 heavy (non-hydrogen) atoms. The van der Waals surface area contributed by atoms with Gasteiger partial charge in [0.05, 0.1) is 6.47 Å². The van der Waals surface area contributed by atoms with Crippen LogP contribution in [-0.4, -0.2) is 6.47 Å². The number of alkyl halides is 4. The summed E-state index contributed by atoms with van der Waals surface area (Å²) in [5, 5.41) is 0. The lowest BCUT2D eigenvalue weighted by molar-refractivity contribution is 0.478. The van der Waals surface area contributed by atoms with Crippen molar-refractivity contribution >= 4 is 63.7 Å². The minimum Gasteiger partial charge on any atom is -0.0724 e. The molecule has 64 valence electrons. The zero-order valence-corrected chi connectivity index (χ0v) is 12.1. The molecule has 0 saturated heterocycles. The number of hydrogen-bond acceptors (Lipinski definition) is 0. The summed E-state index contributed by atoms with van der Waals surface area (Å²) in [4.78, 5) is 0. The van der Waals surface area contributed by atoms with Crippen LogP contribution in [0.25, 0.3) is 0 Å². The van der Waals surface area contributed by atoms with Crippen molar-refractivity contribution in [1.82, 2.24) is 0 Å². The maximum atomic E-state index is 3.73. The summed E-state index contributed by atoms with van der Waals surface area (Å²) in [7, 11) is 0. The Morgan fingerprint density at radius 3 is 1.36 bits per heavy atom. The van der Waals surface area contributed by atoms with Gasteiger partial charge in [0.25, 0.3) is 0 Å². The second-order valence-electron chi connectivity index (χ2n) is 3.56. The van der Waals surface area contributed by atoms with E-state index in [0.717, 1.165) is 11.8 Å². The standard InChI is InChI=1S/C7H8Br4/c8-6(9)2-4-1-5(6)3-7(4,10)11/h4-5H,1-3H2/t4-,5-/m1/s1. The lowest BCUT2D eigenvalue weighted by Crippen LogP contribution is -2.30. The minimum absolute atomic E-state index is 0.232. The Morgan fingerprint density at radius 1 is 0.818 bits per heavy atom. The van der Waals surface area contributed by atoms with Gasteiger partial charge in [0, 0.05) is 0 Å². The van der Waals surface area contributed by atoms with Crippen LogP contribution >= 0.6 is 63.7 Å². The van der Waals surface area contributed by atoms with E-state index in [1.165, 1.54) is 19.3 Å². The summed E-state index contributed by atoms with van der Waals surface area (Å²) in [6, 6.07) is 0. The molecule has 0 amide bonds. The SMILES string of the molecule is BrC1(Br)C[C@H]2C[C@@H]1CC2(Br)Br. The fourth-order valence-electron chi connectivity index (χ4n) is 2.14. The van der Waals surface area contributed by atoms with E-state index in [0.29, 0.717) is 0 Å². The average Bonchev–Trinajstić information content (AvgIpc) is 2.18. The predicted molar refractivity (Wildman–Crippen MR) is 62.0 cm³/mol. The lowest BCUT2D eigenvalue weighted by Gasteiger charge is -2.33. The maximum Gasteiger partial charge on any atom is 0.0838 e. The van der Waals surface area contributed by atoms with E-state index in [-0.39, 0.29) is 6.47 Å². The first-order chi connectivity index (χ1) is 4.92. The molecule has 0 nitrogen and oxygen atoms in total. The highest BCUT2D eigenvalue weighted by Gasteiger charge is 2.58. The Morgan fingerprint density at radius 2 is 1.18 bits per heavy atom. The zero-order valence-electron chi connectivity index (χ0n) is 5.79. The molecule has 2 atom stereocenters. The molecule has 2 aliphatic rings. The van der Waals surface area contributed by atoms with Crippen LogP contribution in [-0.2, 0) is 0 Å². The molecule has 2 fully saturated rings. The first-order valence-corrected chi connectivity index (χ1v) is 6.85. The van der Waals surface area contributed by atoms with Gasteiger partial charge in [-0.1, -0.05) is 63.7 Å². The van der Waals surface area contributed by atoms with Crippen molar-refractivity contribution in [3.63, 3.8) is 0 Å². The van der Waals surface area contributed by atoms with Gasteiger partial charge in [-0.05, 0) is 31.1 Å². The molecule has 2 rings (SSSR count). The summed E-state index contributed by atoms with van der Waals surface area (Å²) >= 11 is 14.9. The monoisotopic (exact) mass is 408 g/mol. The normalized spacial score (nSPS) is 44.7. The van der Waals surface area contributed by atoms with E-state index < -0.39 is 0 Å². The van der Waals surface area contributed by atoms with Crippen molar-refractivity contribution in [1.29, 1.82) is 0 Å². The number of fused-ring (bicyclic) bond motifs is 2. The summed E-state index contributed by atoms with van der Waals surface area (Å²) in [5.74, 6) is 1.54. The predicted octanol–water partition coefficient (Wildman–Crippen LogP) is 4.39. The molecule has 2 bridgehead atoms. The summed E-state index contributed by atoms with van der Waals surface area (Å²) in [5.41, 5.74) is 0. The van der Waals surface area contributed by atoms with Crippen LogP contribution in [0.2, 0.25) is 0 Å². The molecule has 4 heteroatoms. The Labute approximate surface area is 100 Å². The number of halogens is 4. The van der Waals surface area contributed by atoms with Gasteiger partial charge in [-0.2, -0.15) is 0 Å². The highest BCUT2D eigenvalue weighted by atomic mass is 79.9. The highest BCUT2D eigenvalue weighted by molar-refractivity contribution is 9.26. The van der Waals surface area contributed by atoms with Crippen LogP contribution in [0.15, 0.2) is 0 Å². The number of rotatable bonds is 0. The fourth-order valence-corrected chi connectivity index (χ4v) is 5.10. The van der Waals surface area contributed by atoms with E-state index in [1.807, 2.05) is 0 Å². The van der Waals surface area contributed by atoms with Crippen LogP contribution in [0.1, 0.15) is 19.3 Å². The molecule has 0 radical (unpaired) electrons. The maximum absolute atomic E-state index is 3.73. The average molecular weight is 412 g/mol. The summed E-state index contributed by atoms with van der Waals surface area (Å²) in [6.07, 6.45) is 3.76. The zero-order chi connectivity index (χ0) is 8.28. The highest BCUT2D eigenvalue weighted by Crippen LogP contribution is 2.66. The third-order valence-corrected chi connectivity index (χ3v) is 6.69. The molecular formula is C7H8Br4. The third kappa shape index (κ3) is 1.50. The molecule has 2 saturated carbocycles. The third-order valence-electron chi connectivity index (χ3n) is 2.80. The van der Waals surface area contributed by atoms with Crippen LogP contribution in [0.3, 0.4) is 0 Å². The molecule has 2 aliphatic carbocycles. The fraction of sp³-hybridized carbons (Fsp3) is 1.00. The Hall–Kier alpha value is 1.92. The van der Waals surface area contributed by atoms with Gasteiger partial charge in [0.1, 0.15) is 0 Å². The molecule has 0 N–H and O–H groups in total. The van der Waals surface area contributed by atoms with Gasteiger partial charge >= 0.3 is 0 Å². The van der Waals surface area contributed by atoms with Crippen molar-refractivity contribution in [2.75, 3.05) is 0 Å². The topological polar surface area (TPSA) is 0 Å². The van der Waals surface area contributed by atoms with Crippen LogP contribution in [0.4, 0.5) is 0 Å². The van der Waals surface area contributed by atoms with Crippen molar-refractivity contribution in [3.8, 4) is 0 Å². The summed E-state index contributed by atoms with van der Waals surface area (Å²) in [6.45, 7) is 0. The van der Waals surface area contributed by atoms with Gasteiger partial charge in [0.15, 0.2) is 0 Å². The molecule has 0 spiro atoms. The Balaban J connectivity index is 2.21. The van der Waals surface area contributed by atoms with Gasteiger partial charge in [0.2, 0.25) is 0 Å². The van der Waals surface area contributed by atoms with E-state index >= 15 is 0 Å². The van der Waals surface area contributed by atoms with Crippen molar-refractivity contribution in [2.24, 2.45) is 11.8 Å². The number of hydrogen-bond donors (Lipinski definition) is 0. The Kier molecular flexibility index (Phi) is 2.33. The van der Waals surface area contributed by atoms with E-state index in [1.54, 1.807) is 0 Å². The van der Waals surface area contributed by atoms with E-state index in [9.17, 15) is 0 Å². The van der Waals surface area contributed by atoms with Gasteiger partial charge in [-0.3, -0.25) is 0 Å². The minimum atomic E-state index is 0.232. The van der Waals surface area contributed by atoms with Gasteiger partial charge in [-0.15, -0.1) is 0 Å². The largest absolute Gasteiger partial charge is 0.0838 e. The lowest BCUT2D eigenvalue weighted by atomic mass is 10.0. The van der Waals surface area contributed by atoms with Gasteiger partial charge < -0.3 is 0 Å². The van der Waals surface area contributed by atoms with E-state index in [2.05, 4.69) is 63.7 Å². The van der Waals surface area contributed by atoms with Crippen molar-refractivity contribution in [3.05, 3.63) is 0 Å². The van der Waals surface area contributed by atoms with Crippen molar-refractivity contribution < 1.29 is 0 Å².